The Morgan fingerprint density at radius 1 is 1.29 bits per heavy atom. The zero-order chi connectivity index (χ0) is 12.5. The number of nitrogen functional groups attached to an aromatic ring is 1. The molecular formula is C10H16ClN3O3. The highest BCUT2D eigenvalue weighted by molar-refractivity contribution is 6.31. The summed E-state index contributed by atoms with van der Waals surface area (Å²) in [4.78, 5) is 7.61. The molecule has 0 aliphatic carbocycles. The van der Waals surface area contributed by atoms with Gasteiger partial charge in [-0.1, -0.05) is 11.6 Å². The molecule has 0 spiro atoms. The van der Waals surface area contributed by atoms with E-state index < -0.39 is 0 Å². The van der Waals surface area contributed by atoms with Crippen LogP contribution in [0.1, 0.15) is 6.42 Å². The fourth-order valence-corrected chi connectivity index (χ4v) is 1.19. The lowest BCUT2D eigenvalue weighted by atomic mass is 10.5. The monoisotopic (exact) mass is 261 g/mol. The van der Waals surface area contributed by atoms with Gasteiger partial charge in [0.2, 0.25) is 11.8 Å². The molecule has 0 atom stereocenters. The summed E-state index contributed by atoms with van der Waals surface area (Å²) in [5, 5.41) is 0.347. The molecule has 7 heteroatoms. The van der Waals surface area contributed by atoms with Gasteiger partial charge in [0.25, 0.3) is 0 Å². The van der Waals surface area contributed by atoms with Crippen LogP contribution in [0.25, 0.3) is 0 Å². The summed E-state index contributed by atoms with van der Waals surface area (Å²) < 4.78 is 15.5. The van der Waals surface area contributed by atoms with E-state index in [2.05, 4.69) is 9.97 Å². The number of ether oxygens (including phenoxy) is 3. The summed E-state index contributed by atoms with van der Waals surface area (Å²) in [6.45, 7) is 2.23. The first-order valence-corrected chi connectivity index (χ1v) is 5.59. The van der Waals surface area contributed by atoms with E-state index in [0.29, 0.717) is 37.3 Å². The summed E-state index contributed by atoms with van der Waals surface area (Å²) in [6.07, 6.45) is 2.15. The first kappa shape index (κ1) is 14.0. The number of methoxy groups -OCH3 is 1. The van der Waals surface area contributed by atoms with E-state index in [9.17, 15) is 0 Å². The molecular weight excluding hydrogens is 246 g/mol. The lowest BCUT2D eigenvalue weighted by Gasteiger charge is -2.07. The first-order chi connectivity index (χ1) is 8.24. The number of rotatable bonds is 8. The Labute approximate surface area is 105 Å². The maximum absolute atomic E-state index is 5.82. The van der Waals surface area contributed by atoms with Crippen molar-refractivity contribution in [2.75, 3.05) is 39.3 Å². The molecule has 6 nitrogen and oxygen atoms in total. The van der Waals surface area contributed by atoms with Gasteiger partial charge in [-0.25, -0.2) is 4.98 Å². The minimum Gasteiger partial charge on any atom is -0.476 e. The fourth-order valence-electron chi connectivity index (χ4n) is 1.04. The smallest absolute Gasteiger partial charge is 0.237 e. The Morgan fingerprint density at radius 2 is 2.12 bits per heavy atom. The van der Waals surface area contributed by atoms with Crippen molar-refractivity contribution in [1.82, 2.24) is 9.97 Å². The van der Waals surface area contributed by atoms with Crippen LogP contribution in [0.2, 0.25) is 5.02 Å². The second-order valence-electron chi connectivity index (χ2n) is 3.19. The van der Waals surface area contributed by atoms with Crippen LogP contribution in [0.3, 0.4) is 0 Å². The third-order valence-corrected chi connectivity index (χ3v) is 2.09. The quantitative estimate of drug-likeness (QED) is 0.707. The van der Waals surface area contributed by atoms with E-state index in [-0.39, 0.29) is 5.95 Å². The molecule has 0 bridgehead atoms. The molecule has 0 aliphatic rings. The molecule has 0 amide bonds. The highest BCUT2D eigenvalue weighted by Crippen LogP contribution is 2.20. The van der Waals surface area contributed by atoms with Gasteiger partial charge in [0.15, 0.2) is 0 Å². The van der Waals surface area contributed by atoms with Gasteiger partial charge in [-0.05, 0) is 0 Å². The van der Waals surface area contributed by atoms with Crippen molar-refractivity contribution in [1.29, 1.82) is 0 Å². The Hall–Kier alpha value is -1.11. The lowest BCUT2D eigenvalue weighted by molar-refractivity contribution is 0.0642. The minimum atomic E-state index is 0.140. The van der Waals surface area contributed by atoms with Crippen LogP contribution in [0.4, 0.5) is 5.95 Å². The van der Waals surface area contributed by atoms with E-state index in [1.807, 2.05) is 0 Å². The normalized spacial score (nSPS) is 10.5. The Morgan fingerprint density at radius 3 is 2.88 bits per heavy atom. The van der Waals surface area contributed by atoms with Crippen molar-refractivity contribution in [2.24, 2.45) is 0 Å². The summed E-state index contributed by atoms with van der Waals surface area (Å²) in [7, 11) is 1.63. The van der Waals surface area contributed by atoms with Crippen molar-refractivity contribution in [3.8, 4) is 5.88 Å². The number of hydrogen-bond donors (Lipinski definition) is 1. The summed E-state index contributed by atoms with van der Waals surface area (Å²) in [5.41, 5.74) is 5.41. The van der Waals surface area contributed by atoms with Crippen LogP contribution in [-0.4, -0.2) is 43.5 Å². The highest BCUT2D eigenvalue weighted by Gasteiger charge is 2.04. The van der Waals surface area contributed by atoms with Gasteiger partial charge in [-0.15, -0.1) is 0 Å². The van der Waals surface area contributed by atoms with Gasteiger partial charge in [-0.3, -0.25) is 0 Å². The van der Waals surface area contributed by atoms with Crippen molar-refractivity contribution < 1.29 is 14.2 Å². The predicted octanol–water partition coefficient (Wildman–Crippen LogP) is 1.14. The van der Waals surface area contributed by atoms with E-state index in [1.54, 1.807) is 7.11 Å². The Kier molecular flexibility index (Phi) is 6.61. The van der Waals surface area contributed by atoms with Gasteiger partial charge < -0.3 is 19.9 Å². The van der Waals surface area contributed by atoms with E-state index in [0.717, 1.165) is 6.42 Å². The van der Waals surface area contributed by atoms with Gasteiger partial charge in [0.05, 0.1) is 26.0 Å². The van der Waals surface area contributed by atoms with Gasteiger partial charge in [-0.2, -0.15) is 4.98 Å². The molecule has 17 heavy (non-hydrogen) atoms. The van der Waals surface area contributed by atoms with Gasteiger partial charge >= 0.3 is 0 Å². The van der Waals surface area contributed by atoms with Crippen LogP contribution in [0, 0.1) is 0 Å². The minimum absolute atomic E-state index is 0.140. The molecule has 0 fully saturated rings. The SMILES string of the molecule is COCCOCCCOc1nc(N)ncc1Cl. The second-order valence-corrected chi connectivity index (χ2v) is 3.60. The number of anilines is 1. The number of aromatic nitrogens is 2. The zero-order valence-electron chi connectivity index (χ0n) is 9.69. The third-order valence-electron chi connectivity index (χ3n) is 1.83. The fraction of sp³-hybridized carbons (Fsp3) is 0.600. The molecule has 0 unspecified atom stereocenters. The van der Waals surface area contributed by atoms with Crippen LogP contribution >= 0.6 is 11.6 Å². The predicted molar refractivity (Wildman–Crippen MR) is 64.3 cm³/mol. The molecule has 1 heterocycles. The molecule has 2 N–H and O–H groups in total. The van der Waals surface area contributed by atoms with Crippen LogP contribution in [0.5, 0.6) is 5.88 Å². The first-order valence-electron chi connectivity index (χ1n) is 5.21. The second kappa shape index (κ2) is 8.05. The molecule has 1 aromatic rings. The molecule has 1 aromatic heterocycles. The maximum atomic E-state index is 5.82. The third kappa shape index (κ3) is 5.67. The average Bonchev–Trinajstić information content (AvgIpc) is 2.32. The lowest BCUT2D eigenvalue weighted by Crippen LogP contribution is -2.08. The van der Waals surface area contributed by atoms with Crippen molar-refractivity contribution in [2.45, 2.75) is 6.42 Å². The van der Waals surface area contributed by atoms with Gasteiger partial charge in [0.1, 0.15) is 5.02 Å². The standard InChI is InChI=1S/C10H16ClN3O3/c1-15-5-6-16-3-2-4-17-9-8(11)7-13-10(12)14-9/h7H,2-6H2,1H3,(H2,12,13,14). The van der Waals surface area contributed by atoms with Crippen molar-refractivity contribution >= 4 is 17.5 Å². The Balaban J connectivity index is 2.15. The highest BCUT2D eigenvalue weighted by atomic mass is 35.5. The topological polar surface area (TPSA) is 79.5 Å². The van der Waals surface area contributed by atoms with Crippen molar-refractivity contribution in [3.05, 3.63) is 11.2 Å². The summed E-state index contributed by atoms with van der Waals surface area (Å²) in [5.74, 6) is 0.441. The molecule has 0 aliphatic heterocycles. The average molecular weight is 262 g/mol. The van der Waals surface area contributed by atoms with Crippen LogP contribution in [0.15, 0.2) is 6.20 Å². The number of nitrogens with zero attached hydrogens (tertiary/aromatic N) is 2. The molecule has 0 aromatic carbocycles. The van der Waals surface area contributed by atoms with E-state index in [4.69, 9.17) is 31.5 Å². The number of nitrogens with two attached hydrogens (primary N) is 1. The van der Waals surface area contributed by atoms with Gasteiger partial charge in [0, 0.05) is 20.1 Å². The Bertz CT molecular complexity index is 339. The largest absolute Gasteiger partial charge is 0.476 e. The molecule has 0 saturated carbocycles. The molecule has 96 valence electrons. The van der Waals surface area contributed by atoms with Crippen LogP contribution in [-0.2, 0) is 9.47 Å². The number of halogens is 1. The van der Waals surface area contributed by atoms with E-state index >= 15 is 0 Å². The summed E-state index contributed by atoms with van der Waals surface area (Å²) in [6, 6.07) is 0. The van der Waals surface area contributed by atoms with Crippen molar-refractivity contribution in [3.63, 3.8) is 0 Å². The zero-order valence-corrected chi connectivity index (χ0v) is 10.4. The maximum Gasteiger partial charge on any atom is 0.237 e. The molecule has 0 saturated heterocycles. The van der Waals surface area contributed by atoms with Crippen LogP contribution < -0.4 is 10.5 Å². The molecule has 1 rings (SSSR count). The number of hydrogen-bond acceptors (Lipinski definition) is 6. The van der Waals surface area contributed by atoms with E-state index in [1.165, 1.54) is 6.20 Å². The summed E-state index contributed by atoms with van der Waals surface area (Å²) >= 11 is 5.82. The molecule has 0 radical (unpaired) electrons.